The van der Waals surface area contributed by atoms with Crippen molar-refractivity contribution in [3.8, 4) is 11.5 Å². The van der Waals surface area contributed by atoms with Crippen molar-refractivity contribution in [3.05, 3.63) is 114 Å². The number of nitro benzene ring substituents is 2. The first-order valence-corrected chi connectivity index (χ1v) is 10.2. The molecule has 0 aliphatic carbocycles. The van der Waals surface area contributed by atoms with Gasteiger partial charge in [-0.2, -0.15) is 0 Å². The van der Waals surface area contributed by atoms with Crippen molar-refractivity contribution < 1.29 is 24.1 Å². The Bertz CT molecular complexity index is 1330. The summed E-state index contributed by atoms with van der Waals surface area (Å²) < 4.78 is 11.8. The van der Waals surface area contributed by atoms with E-state index < -0.39 is 27.2 Å². The molecule has 0 radical (unpaired) electrons. The molecule has 3 aromatic rings. The van der Waals surface area contributed by atoms with Crippen molar-refractivity contribution in [2.45, 2.75) is 0 Å². The highest BCUT2D eigenvalue weighted by Gasteiger charge is 2.23. The van der Waals surface area contributed by atoms with E-state index in [4.69, 9.17) is 9.47 Å². The van der Waals surface area contributed by atoms with Gasteiger partial charge >= 0.3 is 11.7 Å². The fraction of sp³-hybridized carbons (Fsp3) is 0. The zero-order chi connectivity index (χ0) is 23.5. The van der Waals surface area contributed by atoms with Gasteiger partial charge in [-0.1, -0.05) is 40.2 Å². The van der Waals surface area contributed by atoms with E-state index in [2.05, 4.69) is 15.9 Å². The SMILES string of the molecule is O=C1OC(c2ccc(Br)cc2)=C/C1=C\c1ccc(Oc2ccc([N+](=O)[O-])cc2[N+](=O)[O-])cc1. The lowest BCUT2D eigenvalue weighted by Gasteiger charge is -2.06. The van der Waals surface area contributed by atoms with Crippen LogP contribution in [0.4, 0.5) is 11.4 Å². The van der Waals surface area contributed by atoms with E-state index in [0.717, 1.165) is 22.2 Å². The van der Waals surface area contributed by atoms with Gasteiger partial charge in [-0.05, 0) is 48.0 Å². The Morgan fingerprint density at radius 2 is 1.61 bits per heavy atom. The summed E-state index contributed by atoms with van der Waals surface area (Å²) in [4.78, 5) is 32.9. The standard InChI is InChI=1S/C23H13BrN2O7/c24-17-5-3-15(4-6-17)22-12-16(23(27)33-22)11-14-1-8-19(9-2-14)32-21-10-7-18(25(28)29)13-20(21)26(30)31/h1-13H/b16-11+. The van der Waals surface area contributed by atoms with E-state index in [1.165, 1.54) is 6.07 Å². The van der Waals surface area contributed by atoms with Crippen molar-refractivity contribution in [3.63, 3.8) is 0 Å². The molecule has 0 unspecified atom stereocenters. The van der Waals surface area contributed by atoms with E-state index in [-0.39, 0.29) is 11.5 Å². The number of hydrogen-bond acceptors (Lipinski definition) is 7. The van der Waals surface area contributed by atoms with Crippen LogP contribution in [0.25, 0.3) is 11.8 Å². The molecule has 1 heterocycles. The Labute approximate surface area is 195 Å². The number of hydrogen-bond donors (Lipinski definition) is 0. The molecule has 1 aliphatic heterocycles. The number of nitro groups is 2. The Morgan fingerprint density at radius 1 is 0.909 bits per heavy atom. The Balaban J connectivity index is 1.54. The molecular weight excluding hydrogens is 496 g/mol. The van der Waals surface area contributed by atoms with Crippen molar-refractivity contribution >= 4 is 45.1 Å². The van der Waals surface area contributed by atoms with Crippen LogP contribution in [-0.4, -0.2) is 15.8 Å². The highest BCUT2D eigenvalue weighted by atomic mass is 79.9. The molecule has 9 nitrogen and oxygen atoms in total. The van der Waals surface area contributed by atoms with Gasteiger partial charge in [0.15, 0.2) is 0 Å². The van der Waals surface area contributed by atoms with E-state index >= 15 is 0 Å². The summed E-state index contributed by atoms with van der Waals surface area (Å²) >= 11 is 3.36. The van der Waals surface area contributed by atoms with Crippen LogP contribution in [0.1, 0.15) is 11.1 Å². The number of carbonyl (C=O) groups excluding carboxylic acids is 1. The summed E-state index contributed by atoms with van der Waals surface area (Å²) in [5, 5.41) is 22.1. The lowest BCUT2D eigenvalue weighted by atomic mass is 10.1. The zero-order valence-electron chi connectivity index (χ0n) is 16.6. The maximum atomic E-state index is 12.2. The number of ether oxygens (including phenoxy) is 2. The Kier molecular flexibility index (Phi) is 6.01. The number of carbonyl (C=O) groups is 1. The van der Waals surface area contributed by atoms with E-state index in [9.17, 15) is 25.0 Å². The summed E-state index contributed by atoms with van der Waals surface area (Å²) in [6.07, 6.45) is 3.29. The number of cyclic esters (lactones) is 1. The first-order chi connectivity index (χ1) is 15.8. The predicted molar refractivity (Wildman–Crippen MR) is 122 cm³/mol. The second-order valence-electron chi connectivity index (χ2n) is 6.84. The number of halogens is 1. The van der Waals surface area contributed by atoms with E-state index in [0.29, 0.717) is 16.9 Å². The quantitative estimate of drug-likeness (QED) is 0.172. The molecule has 10 heteroatoms. The maximum absolute atomic E-state index is 12.2. The van der Waals surface area contributed by atoms with Crippen molar-refractivity contribution in [1.82, 2.24) is 0 Å². The van der Waals surface area contributed by atoms with Crippen LogP contribution >= 0.6 is 15.9 Å². The molecule has 3 aromatic carbocycles. The molecule has 0 atom stereocenters. The minimum Gasteiger partial charge on any atom is -0.450 e. The average Bonchev–Trinajstić information content (AvgIpc) is 3.15. The van der Waals surface area contributed by atoms with Gasteiger partial charge in [-0.15, -0.1) is 0 Å². The number of esters is 1. The largest absolute Gasteiger partial charge is 0.450 e. The minimum atomic E-state index is -0.748. The van der Waals surface area contributed by atoms with E-state index in [1.54, 1.807) is 36.4 Å². The third-order valence-electron chi connectivity index (χ3n) is 4.63. The molecule has 0 saturated heterocycles. The molecule has 1 aliphatic rings. The molecule has 0 spiro atoms. The van der Waals surface area contributed by atoms with E-state index in [1.807, 2.05) is 24.3 Å². The number of benzene rings is 3. The first-order valence-electron chi connectivity index (χ1n) is 9.42. The van der Waals surface area contributed by atoms with Crippen molar-refractivity contribution in [2.24, 2.45) is 0 Å². The summed E-state index contributed by atoms with van der Waals surface area (Å²) in [5.41, 5.74) is 0.890. The fourth-order valence-electron chi connectivity index (χ4n) is 3.03. The molecule has 164 valence electrons. The molecule has 0 amide bonds. The molecule has 0 bridgehead atoms. The highest BCUT2D eigenvalue weighted by molar-refractivity contribution is 9.10. The number of rotatable bonds is 6. The molecular formula is C23H13BrN2O7. The van der Waals surface area contributed by atoms with Gasteiger partial charge in [-0.25, -0.2) is 4.79 Å². The van der Waals surface area contributed by atoms with Crippen LogP contribution in [0.5, 0.6) is 11.5 Å². The van der Waals surface area contributed by atoms with Crippen molar-refractivity contribution in [1.29, 1.82) is 0 Å². The zero-order valence-corrected chi connectivity index (χ0v) is 18.2. The lowest BCUT2D eigenvalue weighted by Crippen LogP contribution is -1.97. The molecule has 33 heavy (non-hydrogen) atoms. The Morgan fingerprint density at radius 3 is 2.24 bits per heavy atom. The molecule has 0 fully saturated rings. The van der Waals surface area contributed by atoms with Gasteiger partial charge in [0.1, 0.15) is 11.5 Å². The topological polar surface area (TPSA) is 122 Å². The van der Waals surface area contributed by atoms with Crippen LogP contribution in [0, 0.1) is 20.2 Å². The van der Waals surface area contributed by atoms with Crippen molar-refractivity contribution in [2.75, 3.05) is 0 Å². The fourth-order valence-corrected chi connectivity index (χ4v) is 3.30. The Hall–Kier alpha value is -4.31. The molecule has 4 rings (SSSR count). The average molecular weight is 509 g/mol. The van der Waals surface area contributed by atoms with Crippen LogP contribution < -0.4 is 4.74 Å². The van der Waals surface area contributed by atoms with Gasteiger partial charge in [0.25, 0.3) is 5.69 Å². The maximum Gasteiger partial charge on any atom is 0.343 e. The van der Waals surface area contributed by atoms with Gasteiger partial charge < -0.3 is 9.47 Å². The lowest BCUT2D eigenvalue weighted by molar-refractivity contribution is -0.394. The summed E-state index contributed by atoms with van der Waals surface area (Å²) in [6, 6.07) is 17.0. The third-order valence-corrected chi connectivity index (χ3v) is 5.16. The second kappa shape index (κ2) is 9.05. The summed E-state index contributed by atoms with van der Waals surface area (Å²) in [5.74, 6) is 0.131. The number of nitrogens with zero attached hydrogens (tertiary/aromatic N) is 2. The monoisotopic (exact) mass is 508 g/mol. The van der Waals surface area contributed by atoms with Crippen LogP contribution in [0.3, 0.4) is 0 Å². The normalized spacial score (nSPS) is 14.0. The number of non-ortho nitro benzene ring substituents is 1. The molecule has 0 N–H and O–H groups in total. The first kappa shape index (κ1) is 21.9. The van der Waals surface area contributed by atoms with Gasteiger partial charge in [0.2, 0.25) is 5.75 Å². The van der Waals surface area contributed by atoms with Crippen LogP contribution in [0.15, 0.2) is 82.9 Å². The van der Waals surface area contributed by atoms with Gasteiger partial charge in [-0.3, -0.25) is 20.2 Å². The van der Waals surface area contributed by atoms with Gasteiger partial charge in [0, 0.05) is 16.1 Å². The third kappa shape index (κ3) is 4.96. The second-order valence-corrected chi connectivity index (χ2v) is 7.76. The summed E-state index contributed by atoms with van der Waals surface area (Å²) in [7, 11) is 0. The molecule has 0 saturated carbocycles. The van der Waals surface area contributed by atoms with Crippen LogP contribution in [-0.2, 0) is 9.53 Å². The predicted octanol–water partition coefficient (Wildman–Crippen LogP) is 6.04. The van der Waals surface area contributed by atoms with Crippen LogP contribution in [0.2, 0.25) is 0 Å². The van der Waals surface area contributed by atoms with Gasteiger partial charge in [0.05, 0.1) is 21.5 Å². The highest BCUT2D eigenvalue weighted by Crippen LogP contribution is 2.35. The molecule has 0 aromatic heterocycles. The minimum absolute atomic E-state index is 0.127. The smallest absolute Gasteiger partial charge is 0.343 e. The summed E-state index contributed by atoms with van der Waals surface area (Å²) in [6.45, 7) is 0.